The number of rotatable bonds is 3. The van der Waals surface area contributed by atoms with Crippen molar-refractivity contribution in [2.45, 2.75) is 6.54 Å². The van der Waals surface area contributed by atoms with Crippen LogP contribution in [-0.4, -0.2) is 15.6 Å². The summed E-state index contributed by atoms with van der Waals surface area (Å²) >= 11 is 0. The fourth-order valence-corrected chi connectivity index (χ4v) is 2.43. The third-order valence-electron chi connectivity index (χ3n) is 3.45. The molecule has 0 saturated heterocycles. The molecule has 102 valence electrons. The lowest BCUT2D eigenvalue weighted by Crippen LogP contribution is -2.09. The van der Waals surface area contributed by atoms with Gasteiger partial charge in [-0.05, 0) is 29.8 Å². The largest absolute Gasteiger partial charge is 0.477 e. The second kappa shape index (κ2) is 5.14. The normalized spacial score (nSPS) is 10.4. The number of hydrogen-bond acceptors (Lipinski definition) is 2. The molecule has 3 rings (SSSR count). The molecule has 1 heterocycles. The van der Waals surface area contributed by atoms with Gasteiger partial charge in [0.1, 0.15) is 5.69 Å². The van der Waals surface area contributed by atoms with E-state index in [-0.39, 0.29) is 5.69 Å². The van der Waals surface area contributed by atoms with Crippen molar-refractivity contribution in [2.75, 3.05) is 0 Å². The van der Waals surface area contributed by atoms with Gasteiger partial charge in [0.05, 0.1) is 11.6 Å². The van der Waals surface area contributed by atoms with E-state index < -0.39 is 5.97 Å². The van der Waals surface area contributed by atoms with Crippen molar-refractivity contribution in [3.05, 3.63) is 71.4 Å². The molecule has 0 spiro atoms. The lowest BCUT2D eigenvalue weighted by atomic mass is 10.1. The summed E-state index contributed by atoms with van der Waals surface area (Å²) < 4.78 is 1.78. The molecule has 0 bridgehead atoms. The zero-order chi connectivity index (χ0) is 14.8. The smallest absolute Gasteiger partial charge is 0.352 e. The fraction of sp³-hybridized carbons (Fsp3) is 0.0588. The molecule has 4 heteroatoms. The summed E-state index contributed by atoms with van der Waals surface area (Å²) in [5.41, 5.74) is 2.70. The van der Waals surface area contributed by atoms with E-state index in [2.05, 4.69) is 6.07 Å². The van der Waals surface area contributed by atoms with Crippen LogP contribution in [-0.2, 0) is 6.54 Å². The van der Waals surface area contributed by atoms with Crippen LogP contribution in [0.25, 0.3) is 10.9 Å². The quantitative estimate of drug-likeness (QED) is 0.798. The number of aromatic nitrogens is 1. The number of aromatic carboxylic acids is 1. The van der Waals surface area contributed by atoms with E-state index in [1.807, 2.05) is 36.4 Å². The highest BCUT2D eigenvalue weighted by Crippen LogP contribution is 2.21. The number of hydrogen-bond donors (Lipinski definition) is 1. The maximum atomic E-state index is 11.4. The number of fused-ring (bicyclic) bond motifs is 1. The maximum absolute atomic E-state index is 11.4. The topological polar surface area (TPSA) is 66.0 Å². The average molecular weight is 276 g/mol. The highest BCUT2D eigenvalue weighted by atomic mass is 16.4. The Hall–Kier alpha value is -3.06. The molecule has 0 unspecified atom stereocenters. The molecule has 0 aliphatic rings. The van der Waals surface area contributed by atoms with Crippen LogP contribution >= 0.6 is 0 Å². The molecule has 21 heavy (non-hydrogen) atoms. The molecule has 3 aromatic rings. The predicted molar refractivity (Wildman–Crippen MR) is 79.2 cm³/mol. The van der Waals surface area contributed by atoms with Gasteiger partial charge in [-0.3, -0.25) is 0 Å². The van der Waals surface area contributed by atoms with E-state index in [9.17, 15) is 9.90 Å². The first-order valence-corrected chi connectivity index (χ1v) is 6.49. The Morgan fingerprint density at radius 1 is 1.14 bits per heavy atom. The molecule has 0 atom stereocenters. The number of benzene rings is 2. The Kier molecular flexibility index (Phi) is 3.17. The minimum atomic E-state index is -0.945. The van der Waals surface area contributed by atoms with Gasteiger partial charge in [-0.1, -0.05) is 30.3 Å². The summed E-state index contributed by atoms with van der Waals surface area (Å²) in [6.07, 6.45) is 0. The summed E-state index contributed by atoms with van der Waals surface area (Å²) in [6, 6.07) is 18.5. The highest BCUT2D eigenvalue weighted by molar-refractivity contribution is 5.94. The van der Waals surface area contributed by atoms with Crippen molar-refractivity contribution in [2.24, 2.45) is 0 Å². The van der Waals surface area contributed by atoms with Gasteiger partial charge in [-0.15, -0.1) is 0 Å². The van der Waals surface area contributed by atoms with Gasteiger partial charge in [-0.25, -0.2) is 4.79 Å². The summed E-state index contributed by atoms with van der Waals surface area (Å²) in [7, 11) is 0. The molecule has 0 amide bonds. The van der Waals surface area contributed by atoms with Gasteiger partial charge in [0.15, 0.2) is 0 Å². The van der Waals surface area contributed by atoms with Gasteiger partial charge in [0, 0.05) is 17.4 Å². The van der Waals surface area contributed by atoms with Crippen LogP contribution in [0.2, 0.25) is 0 Å². The lowest BCUT2D eigenvalue weighted by Gasteiger charge is -2.08. The van der Waals surface area contributed by atoms with Crippen molar-refractivity contribution in [1.82, 2.24) is 4.57 Å². The number of carboxylic acids is 1. The van der Waals surface area contributed by atoms with Crippen molar-refractivity contribution in [1.29, 1.82) is 5.26 Å². The molecule has 0 fully saturated rings. The van der Waals surface area contributed by atoms with Crippen LogP contribution in [0.1, 0.15) is 21.6 Å². The minimum Gasteiger partial charge on any atom is -0.477 e. The number of nitriles is 1. The molecule has 0 radical (unpaired) electrons. The Labute approximate surface area is 121 Å². The van der Waals surface area contributed by atoms with E-state index in [4.69, 9.17) is 5.26 Å². The van der Waals surface area contributed by atoms with Gasteiger partial charge in [0.25, 0.3) is 0 Å². The third-order valence-corrected chi connectivity index (χ3v) is 3.45. The SMILES string of the molecule is N#Cc1ccc(Cn2c(C(=O)O)cc3ccccc32)cc1. The zero-order valence-electron chi connectivity index (χ0n) is 11.2. The molecule has 1 aromatic heterocycles. The van der Waals surface area contributed by atoms with E-state index in [0.29, 0.717) is 12.1 Å². The van der Waals surface area contributed by atoms with Crippen molar-refractivity contribution < 1.29 is 9.90 Å². The molecule has 2 aromatic carbocycles. The number of nitrogens with zero attached hydrogens (tertiary/aromatic N) is 2. The zero-order valence-corrected chi connectivity index (χ0v) is 11.2. The first kappa shape index (κ1) is 12.9. The van der Waals surface area contributed by atoms with Crippen LogP contribution in [0.4, 0.5) is 0 Å². The Balaban J connectivity index is 2.08. The summed E-state index contributed by atoms with van der Waals surface area (Å²) in [4.78, 5) is 11.4. The lowest BCUT2D eigenvalue weighted by molar-refractivity contribution is 0.0686. The van der Waals surface area contributed by atoms with Crippen LogP contribution in [0.5, 0.6) is 0 Å². The number of carbonyl (C=O) groups is 1. The van der Waals surface area contributed by atoms with Crippen LogP contribution in [0.3, 0.4) is 0 Å². The average Bonchev–Trinajstić information content (AvgIpc) is 2.87. The van der Waals surface area contributed by atoms with E-state index in [0.717, 1.165) is 16.5 Å². The monoisotopic (exact) mass is 276 g/mol. The fourth-order valence-electron chi connectivity index (χ4n) is 2.43. The highest BCUT2D eigenvalue weighted by Gasteiger charge is 2.14. The van der Waals surface area contributed by atoms with E-state index in [1.54, 1.807) is 22.8 Å². The van der Waals surface area contributed by atoms with Crippen LogP contribution < -0.4 is 0 Å². The van der Waals surface area contributed by atoms with Gasteiger partial charge >= 0.3 is 5.97 Å². The maximum Gasteiger partial charge on any atom is 0.352 e. The van der Waals surface area contributed by atoms with Crippen LogP contribution in [0.15, 0.2) is 54.6 Å². The number of para-hydroxylation sites is 1. The molecule has 0 aliphatic heterocycles. The Bertz CT molecular complexity index is 855. The Morgan fingerprint density at radius 2 is 1.86 bits per heavy atom. The number of carboxylic acid groups (broad SMARTS) is 1. The van der Waals surface area contributed by atoms with Gasteiger partial charge in [-0.2, -0.15) is 5.26 Å². The molecular weight excluding hydrogens is 264 g/mol. The summed E-state index contributed by atoms with van der Waals surface area (Å²) in [6.45, 7) is 0.459. The Morgan fingerprint density at radius 3 is 2.52 bits per heavy atom. The van der Waals surface area contributed by atoms with E-state index >= 15 is 0 Å². The summed E-state index contributed by atoms with van der Waals surface area (Å²) in [5.74, 6) is -0.945. The predicted octanol–water partition coefficient (Wildman–Crippen LogP) is 3.26. The molecule has 1 N–H and O–H groups in total. The molecular formula is C17H12N2O2. The van der Waals surface area contributed by atoms with Crippen molar-refractivity contribution in [3.8, 4) is 6.07 Å². The van der Waals surface area contributed by atoms with E-state index in [1.165, 1.54) is 0 Å². The second-order valence-electron chi connectivity index (χ2n) is 4.79. The third kappa shape index (κ3) is 2.37. The van der Waals surface area contributed by atoms with Crippen LogP contribution in [0, 0.1) is 11.3 Å². The second-order valence-corrected chi connectivity index (χ2v) is 4.79. The van der Waals surface area contributed by atoms with Gasteiger partial charge < -0.3 is 9.67 Å². The minimum absolute atomic E-state index is 0.264. The molecule has 0 saturated carbocycles. The standard InChI is InChI=1S/C17H12N2O2/c18-10-12-5-7-13(8-6-12)11-19-15-4-2-1-3-14(15)9-16(19)17(20)21/h1-9H,11H2,(H,20,21). The van der Waals surface area contributed by atoms with Gasteiger partial charge in [0.2, 0.25) is 0 Å². The first-order chi connectivity index (χ1) is 10.2. The molecule has 4 nitrogen and oxygen atoms in total. The van der Waals surface area contributed by atoms with Crippen molar-refractivity contribution >= 4 is 16.9 Å². The first-order valence-electron chi connectivity index (χ1n) is 6.49. The molecule has 0 aliphatic carbocycles. The summed E-state index contributed by atoms with van der Waals surface area (Å²) in [5, 5.41) is 19.1. The van der Waals surface area contributed by atoms with Crippen molar-refractivity contribution in [3.63, 3.8) is 0 Å².